The van der Waals surface area contributed by atoms with Gasteiger partial charge in [0.05, 0.1) is 33.0 Å². The Kier molecular flexibility index (Phi) is 3.86. The number of hydrogen-bond acceptors (Lipinski definition) is 5. The number of likely N-dealkylation sites (tertiary alicyclic amines) is 1. The van der Waals surface area contributed by atoms with Crippen molar-refractivity contribution in [3.05, 3.63) is 0 Å². The number of nitrogens with zero attached hydrogens (tertiary/aromatic N) is 1. The predicted molar refractivity (Wildman–Crippen MR) is 58.4 cm³/mol. The highest BCUT2D eigenvalue weighted by molar-refractivity contribution is 5.67. The molecule has 1 unspecified atom stereocenters. The largest absolute Gasteiger partial charge is 0.450 e. The van der Waals surface area contributed by atoms with Gasteiger partial charge < -0.3 is 24.2 Å². The second kappa shape index (κ2) is 5.20. The van der Waals surface area contributed by atoms with Gasteiger partial charge in [-0.25, -0.2) is 4.79 Å². The molecule has 0 radical (unpaired) electrons. The lowest BCUT2D eigenvalue weighted by Gasteiger charge is -2.43. The van der Waals surface area contributed by atoms with E-state index >= 15 is 0 Å². The van der Waals surface area contributed by atoms with Gasteiger partial charge in [0.15, 0.2) is 5.79 Å². The minimum atomic E-state index is -0.834. The van der Waals surface area contributed by atoms with Crippen molar-refractivity contribution < 1.29 is 24.1 Å². The molecule has 1 N–H and O–H groups in total. The molecule has 1 atom stereocenters. The van der Waals surface area contributed by atoms with Crippen molar-refractivity contribution in [1.82, 2.24) is 4.90 Å². The molecule has 0 aromatic heterocycles. The molecule has 0 aromatic rings. The summed E-state index contributed by atoms with van der Waals surface area (Å²) in [5.74, 6) is -0.907. The molecule has 2 fully saturated rings. The van der Waals surface area contributed by atoms with Gasteiger partial charge in [-0.2, -0.15) is 0 Å². The van der Waals surface area contributed by atoms with Crippen LogP contribution in [-0.2, 0) is 14.2 Å². The average molecular weight is 245 g/mol. The highest BCUT2D eigenvalue weighted by Gasteiger charge is 2.49. The van der Waals surface area contributed by atoms with E-state index in [1.165, 1.54) is 0 Å². The molecule has 2 heterocycles. The van der Waals surface area contributed by atoms with E-state index in [2.05, 4.69) is 0 Å². The summed E-state index contributed by atoms with van der Waals surface area (Å²) in [5.41, 5.74) is 0. The molecule has 0 aromatic carbocycles. The highest BCUT2D eigenvalue weighted by Crippen LogP contribution is 2.35. The number of piperidine rings is 1. The number of amides is 1. The SMILES string of the molecule is CCOC(=O)N1CCC(CO)C2(C1)OCCO2. The normalized spacial score (nSPS) is 27.4. The fourth-order valence-electron chi connectivity index (χ4n) is 2.40. The van der Waals surface area contributed by atoms with Crippen molar-refractivity contribution in [3.63, 3.8) is 0 Å². The van der Waals surface area contributed by atoms with Gasteiger partial charge in [-0.05, 0) is 13.3 Å². The molecule has 2 rings (SSSR count). The van der Waals surface area contributed by atoms with E-state index in [9.17, 15) is 9.90 Å². The van der Waals surface area contributed by atoms with Crippen molar-refractivity contribution in [2.45, 2.75) is 19.1 Å². The molecule has 2 saturated heterocycles. The van der Waals surface area contributed by atoms with Crippen LogP contribution in [0.1, 0.15) is 13.3 Å². The van der Waals surface area contributed by atoms with Crippen LogP contribution in [0.4, 0.5) is 4.79 Å². The number of carbonyl (C=O) groups excluding carboxylic acids is 1. The predicted octanol–water partition coefficient (Wildman–Crippen LogP) is 0.200. The molecule has 6 nitrogen and oxygen atoms in total. The summed E-state index contributed by atoms with van der Waals surface area (Å²) < 4.78 is 16.2. The van der Waals surface area contributed by atoms with Crippen LogP contribution in [0.5, 0.6) is 0 Å². The molecule has 2 aliphatic heterocycles. The van der Waals surface area contributed by atoms with E-state index in [1.807, 2.05) is 0 Å². The molecule has 98 valence electrons. The molecule has 1 amide bonds. The van der Waals surface area contributed by atoms with E-state index in [4.69, 9.17) is 14.2 Å². The van der Waals surface area contributed by atoms with E-state index in [0.29, 0.717) is 39.3 Å². The molecule has 17 heavy (non-hydrogen) atoms. The standard InChI is InChI=1S/C11H19NO5/c1-2-15-10(14)12-4-3-9(7-13)11(8-12)16-5-6-17-11/h9,13H,2-8H2,1H3. The molecule has 0 saturated carbocycles. The number of hydrogen-bond donors (Lipinski definition) is 1. The number of rotatable bonds is 2. The average Bonchev–Trinajstić information content (AvgIpc) is 2.78. The molecule has 2 aliphatic rings. The zero-order valence-electron chi connectivity index (χ0n) is 10.1. The highest BCUT2D eigenvalue weighted by atomic mass is 16.7. The number of aliphatic hydroxyl groups excluding tert-OH is 1. The lowest BCUT2D eigenvalue weighted by atomic mass is 9.91. The summed E-state index contributed by atoms with van der Waals surface area (Å²) >= 11 is 0. The van der Waals surface area contributed by atoms with Crippen LogP contribution in [0.3, 0.4) is 0 Å². The summed E-state index contributed by atoms with van der Waals surface area (Å²) in [7, 11) is 0. The third-order valence-corrected chi connectivity index (χ3v) is 3.30. The Morgan fingerprint density at radius 3 is 2.82 bits per heavy atom. The maximum atomic E-state index is 11.7. The molecular formula is C11H19NO5. The van der Waals surface area contributed by atoms with E-state index in [-0.39, 0.29) is 18.6 Å². The van der Waals surface area contributed by atoms with E-state index < -0.39 is 5.79 Å². The second-order valence-electron chi connectivity index (χ2n) is 4.30. The summed E-state index contributed by atoms with van der Waals surface area (Å²) in [5, 5.41) is 9.35. The molecule has 6 heteroatoms. The maximum absolute atomic E-state index is 11.7. The zero-order valence-corrected chi connectivity index (χ0v) is 10.1. The number of aliphatic hydroxyl groups is 1. The van der Waals surface area contributed by atoms with Gasteiger partial charge in [0.1, 0.15) is 0 Å². The van der Waals surface area contributed by atoms with Gasteiger partial charge in [-0.3, -0.25) is 0 Å². The van der Waals surface area contributed by atoms with Gasteiger partial charge in [-0.1, -0.05) is 0 Å². The monoisotopic (exact) mass is 245 g/mol. The van der Waals surface area contributed by atoms with Crippen LogP contribution in [-0.4, -0.2) is 61.4 Å². The van der Waals surface area contributed by atoms with Gasteiger partial charge in [0, 0.05) is 12.5 Å². The summed E-state index contributed by atoms with van der Waals surface area (Å²) in [6, 6.07) is 0. The summed E-state index contributed by atoms with van der Waals surface area (Å²) in [6.45, 7) is 4.05. The first-order valence-electron chi connectivity index (χ1n) is 6.02. The maximum Gasteiger partial charge on any atom is 0.409 e. The zero-order chi connectivity index (χ0) is 12.3. The van der Waals surface area contributed by atoms with E-state index in [0.717, 1.165) is 0 Å². The van der Waals surface area contributed by atoms with Crippen molar-refractivity contribution in [1.29, 1.82) is 0 Å². The third kappa shape index (κ3) is 2.38. The second-order valence-corrected chi connectivity index (χ2v) is 4.30. The Morgan fingerprint density at radius 1 is 1.53 bits per heavy atom. The Balaban J connectivity index is 2.04. The van der Waals surface area contributed by atoms with Gasteiger partial charge in [0.25, 0.3) is 0 Å². The Labute approximate surface area is 100 Å². The molecule has 0 aliphatic carbocycles. The van der Waals surface area contributed by atoms with Crippen molar-refractivity contribution in [2.24, 2.45) is 5.92 Å². The Hall–Kier alpha value is -0.850. The number of ether oxygens (including phenoxy) is 3. The van der Waals surface area contributed by atoms with Gasteiger partial charge in [0.2, 0.25) is 0 Å². The smallest absolute Gasteiger partial charge is 0.409 e. The first-order valence-corrected chi connectivity index (χ1v) is 6.02. The Morgan fingerprint density at radius 2 is 2.24 bits per heavy atom. The Bertz CT molecular complexity index is 277. The summed E-state index contributed by atoms with van der Waals surface area (Å²) in [6.07, 6.45) is 0.317. The third-order valence-electron chi connectivity index (χ3n) is 3.30. The van der Waals surface area contributed by atoms with Crippen LogP contribution in [0.25, 0.3) is 0 Å². The minimum absolute atomic E-state index is 0.0106. The fraction of sp³-hybridized carbons (Fsp3) is 0.909. The summed E-state index contributed by atoms with van der Waals surface area (Å²) in [4.78, 5) is 13.2. The lowest BCUT2D eigenvalue weighted by molar-refractivity contribution is -0.226. The van der Waals surface area contributed by atoms with Crippen LogP contribution in [0.15, 0.2) is 0 Å². The van der Waals surface area contributed by atoms with Crippen LogP contribution < -0.4 is 0 Å². The van der Waals surface area contributed by atoms with Crippen molar-refractivity contribution in [2.75, 3.05) is 39.5 Å². The van der Waals surface area contributed by atoms with Gasteiger partial charge >= 0.3 is 6.09 Å². The van der Waals surface area contributed by atoms with E-state index in [1.54, 1.807) is 11.8 Å². The minimum Gasteiger partial charge on any atom is -0.450 e. The van der Waals surface area contributed by atoms with Crippen molar-refractivity contribution in [3.8, 4) is 0 Å². The fourth-order valence-corrected chi connectivity index (χ4v) is 2.40. The van der Waals surface area contributed by atoms with Gasteiger partial charge in [-0.15, -0.1) is 0 Å². The topological polar surface area (TPSA) is 68.2 Å². The van der Waals surface area contributed by atoms with Crippen LogP contribution >= 0.6 is 0 Å². The van der Waals surface area contributed by atoms with Crippen LogP contribution in [0.2, 0.25) is 0 Å². The van der Waals surface area contributed by atoms with Crippen LogP contribution in [0, 0.1) is 5.92 Å². The first kappa shape index (κ1) is 12.6. The first-order chi connectivity index (χ1) is 8.22. The molecule has 1 spiro atoms. The quantitative estimate of drug-likeness (QED) is 0.752. The molecular weight excluding hydrogens is 226 g/mol. The lowest BCUT2D eigenvalue weighted by Crippen LogP contribution is -2.57. The molecule has 0 bridgehead atoms. The number of carbonyl (C=O) groups is 1. The van der Waals surface area contributed by atoms with Crippen molar-refractivity contribution >= 4 is 6.09 Å².